The summed E-state index contributed by atoms with van der Waals surface area (Å²) in [7, 11) is 1.39. The van der Waals surface area contributed by atoms with E-state index < -0.39 is 24.1 Å². The third-order valence-corrected chi connectivity index (χ3v) is 2.54. The first-order valence-electron chi connectivity index (χ1n) is 5.88. The molecule has 0 aliphatic carbocycles. The predicted octanol–water partition coefficient (Wildman–Crippen LogP) is 0.0156. The van der Waals surface area contributed by atoms with Crippen molar-refractivity contribution in [1.29, 1.82) is 0 Å². The summed E-state index contributed by atoms with van der Waals surface area (Å²) in [5, 5.41) is 13.9. The Morgan fingerprint density at radius 2 is 1.83 bits per heavy atom. The number of nitrogens with zero attached hydrogens (tertiary/aromatic N) is 1. The number of rotatable bonds is 6. The molecule has 0 aromatic heterocycles. The van der Waals surface area contributed by atoms with Crippen molar-refractivity contribution in [1.82, 2.24) is 15.5 Å². The summed E-state index contributed by atoms with van der Waals surface area (Å²) in [6.07, 6.45) is 0.300. The van der Waals surface area contributed by atoms with Crippen LogP contribution in [0, 0.1) is 0 Å². The van der Waals surface area contributed by atoms with Gasteiger partial charge in [-0.25, -0.2) is 9.59 Å². The van der Waals surface area contributed by atoms with Gasteiger partial charge in [-0.3, -0.25) is 4.79 Å². The summed E-state index contributed by atoms with van der Waals surface area (Å²) < 4.78 is 0. The quantitative estimate of drug-likeness (QED) is 0.626. The third kappa shape index (κ3) is 4.60. The van der Waals surface area contributed by atoms with Crippen LogP contribution in [-0.2, 0) is 9.59 Å². The van der Waals surface area contributed by atoms with Crippen LogP contribution in [-0.4, -0.2) is 53.6 Å². The van der Waals surface area contributed by atoms with Gasteiger partial charge in [0.05, 0.1) is 0 Å². The maximum atomic E-state index is 11.7. The van der Waals surface area contributed by atoms with Gasteiger partial charge in [0.1, 0.15) is 12.1 Å². The molecule has 0 spiro atoms. The van der Waals surface area contributed by atoms with Gasteiger partial charge in [0, 0.05) is 13.6 Å². The molecule has 18 heavy (non-hydrogen) atoms. The van der Waals surface area contributed by atoms with Crippen molar-refractivity contribution in [3.63, 3.8) is 0 Å². The van der Waals surface area contributed by atoms with E-state index in [2.05, 4.69) is 10.6 Å². The van der Waals surface area contributed by atoms with Crippen LogP contribution in [0.25, 0.3) is 0 Å². The highest BCUT2D eigenvalue weighted by Crippen LogP contribution is 2.02. The van der Waals surface area contributed by atoms with Crippen LogP contribution in [0.3, 0.4) is 0 Å². The first-order valence-corrected chi connectivity index (χ1v) is 5.88. The summed E-state index contributed by atoms with van der Waals surface area (Å²) >= 11 is 0. The number of carboxylic acids is 1. The predicted molar refractivity (Wildman–Crippen MR) is 66.2 cm³/mol. The fourth-order valence-corrected chi connectivity index (χ4v) is 1.44. The van der Waals surface area contributed by atoms with E-state index in [9.17, 15) is 14.4 Å². The molecule has 0 aromatic carbocycles. The van der Waals surface area contributed by atoms with E-state index in [4.69, 9.17) is 5.11 Å². The fourth-order valence-electron chi connectivity index (χ4n) is 1.44. The minimum atomic E-state index is -1.07. The average molecular weight is 259 g/mol. The van der Waals surface area contributed by atoms with Crippen molar-refractivity contribution in [2.75, 3.05) is 13.6 Å². The van der Waals surface area contributed by atoms with Crippen LogP contribution in [0.5, 0.6) is 0 Å². The smallest absolute Gasteiger partial charge is 0.326 e. The van der Waals surface area contributed by atoms with E-state index in [-0.39, 0.29) is 5.91 Å². The topological polar surface area (TPSA) is 98.7 Å². The number of amides is 3. The lowest BCUT2D eigenvalue weighted by molar-refractivity contribution is -0.141. The average Bonchev–Trinajstić information content (AvgIpc) is 2.29. The molecule has 104 valence electrons. The number of nitrogens with one attached hydrogen (secondary N) is 2. The van der Waals surface area contributed by atoms with Crippen LogP contribution < -0.4 is 10.6 Å². The van der Waals surface area contributed by atoms with Crippen molar-refractivity contribution < 1.29 is 19.5 Å². The molecular weight excluding hydrogens is 238 g/mol. The molecule has 0 fully saturated rings. The van der Waals surface area contributed by atoms with E-state index in [0.717, 1.165) is 4.90 Å². The fraction of sp³-hybridized carbons (Fsp3) is 0.727. The normalized spacial score (nSPS) is 13.3. The van der Waals surface area contributed by atoms with Gasteiger partial charge in [-0.15, -0.1) is 0 Å². The van der Waals surface area contributed by atoms with E-state index in [1.165, 1.54) is 7.05 Å². The Morgan fingerprint density at radius 1 is 1.28 bits per heavy atom. The summed E-state index contributed by atoms with van der Waals surface area (Å²) in [6, 6.07) is -2.18. The number of likely N-dealkylation sites (N-methyl/N-ethyl adjacent to an activating group) is 2. The zero-order chi connectivity index (χ0) is 14.3. The molecule has 7 heteroatoms. The van der Waals surface area contributed by atoms with Crippen LogP contribution in [0.1, 0.15) is 27.2 Å². The lowest BCUT2D eigenvalue weighted by atomic mass is 10.2. The molecule has 0 saturated heterocycles. The van der Waals surface area contributed by atoms with Crippen molar-refractivity contribution in [3.05, 3.63) is 0 Å². The highest BCUT2D eigenvalue weighted by Gasteiger charge is 2.26. The summed E-state index contributed by atoms with van der Waals surface area (Å²) in [4.78, 5) is 35.1. The van der Waals surface area contributed by atoms with E-state index in [0.29, 0.717) is 13.0 Å². The van der Waals surface area contributed by atoms with E-state index in [1.807, 2.05) is 0 Å². The van der Waals surface area contributed by atoms with Crippen molar-refractivity contribution >= 4 is 17.9 Å². The maximum absolute atomic E-state index is 11.7. The molecule has 2 unspecified atom stereocenters. The molecule has 0 rings (SSSR count). The number of carbonyl (C=O) groups excluding carboxylic acids is 2. The van der Waals surface area contributed by atoms with Gasteiger partial charge in [0.2, 0.25) is 5.91 Å². The second kappa shape index (κ2) is 7.52. The summed E-state index contributed by atoms with van der Waals surface area (Å²) in [5.41, 5.74) is 0. The molecule has 3 amide bonds. The Morgan fingerprint density at radius 3 is 2.22 bits per heavy atom. The summed E-state index contributed by atoms with van der Waals surface area (Å²) in [6.45, 7) is 5.46. The minimum absolute atomic E-state index is 0.300. The standard InChI is InChI=1S/C11H21N3O4/c1-5-8(10(16)17)14(4)11(18)13-7(3)9(15)12-6-2/h7-8H,5-6H2,1-4H3,(H,12,15)(H,13,18)(H,16,17). The Balaban J connectivity index is 4.47. The SMILES string of the molecule is CCNC(=O)C(C)NC(=O)N(C)C(CC)C(=O)O. The zero-order valence-corrected chi connectivity index (χ0v) is 11.2. The van der Waals surface area contributed by atoms with Crippen LogP contribution >= 0.6 is 0 Å². The second-order valence-corrected chi connectivity index (χ2v) is 3.94. The molecule has 0 aliphatic rings. The molecule has 3 N–H and O–H groups in total. The Labute approximate surface area is 107 Å². The molecule has 7 nitrogen and oxygen atoms in total. The highest BCUT2D eigenvalue weighted by atomic mass is 16.4. The Bertz CT molecular complexity index is 319. The van der Waals surface area contributed by atoms with Gasteiger partial charge in [-0.05, 0) is 20.3 Å². The number of hydrogen-bond donors (Lipinski definition) is 3. The van der Waals surface area contributed by atoms with Gasteiger partial charge in [0.15, 0.2) is 0 Å². The molecule has 0 aromatic rings. The van der Waals surface area contributed by atoms with Gasteiger partial charge in [0.25, 0.3) is 0 Å². The van der Waals surface area contributed by atoms with Gasteiger partial charge >= 0.3 is 12.0 Å². The van der Waals surface area contributed by atoms with E-state index >= 15 is 0 Å². The highest BCUT2D eigenvalue weighted by molar-refractivity contribution is 5.88. The van der Waals surface area contributed by atoms with Crippen LogP contribution in [0.4, 0.5) is 4.79 Å². The minimum Gasteiger partial charge on any atom is -0.480 e. The molecule has 2 atom stereocenters. The molecule has 0 aliphatic heterocycles. The molecular formula is C11H21N3O4. The maximum Gasteiger partial charge on any atom is 0.326 e. The number of hydrogen-bond acceptors (Lipinski definition) is 3. The lowest BCUT2D eigenvalue weighted by Crippen LogP contribution is -2.52. The first kappa shape index (κ1) is 16.2. The summed E-state index contributed by atoms with van der Waals surface area (Å²) in [5.74, 6) is -1.37. The van der Waals surface area contributed by atoms with Crippen LogP contribution in [0.2, 0.25) is 0 Å². The number of carboxylic acid groups (broad SMARTS) is 1. The van der Waals surface area contributed by atoms with E-state index in [1.54, 1.807) is 20.8 Å². The Hall–Kier alpha value is -1.79. The van der Waals surface area contributed by atoms with Crippen molar-refractivity contribution in [2.45, 2.75) is 39.3 Å². The number of urea groups is 1. The number of carbonyl (C=O) groups is 3. The van der Waals surface area contributed by atoms with Gasteiger partial charge < -0.3 is 20.6 Å². The molecule has 0 saturated carbocycles. The van der Waals surface area contributed by atoms with Gasteiger partial charge in [-0.1, -0.05) is 6.92 Å². The lowest BCUT2D eigenvalue weighted by Gasteiger charge is -2.25. The molecule has 0 heterocycles. The number of aliphatic carboxylic acids is 1. The zero-order valence-electron chi connectivity index (χ0n) is 11.2. The molecule has 0 bridgehead atoms. The van der Waals surface area contributed by atoms with Crippen molar-refractivity contribution in [3.8, 4) is 0 Å². The second-order valence-electron chi connectivity index (χ2n) is 3.94. The largest absolute Gasteiger partial charge is 0.480 e. The first-order chi connectivity index (χ1) is 8.34. The van der Waals surface area contributed by atoms with Crippen molar-refractivity contribution in [2.24, 2.45) is 0 Å². The Kier molecular flexibility index (Phi) is 6.77. The van der Waals surface area contributed by atoms with Gasteiger partial charge in [-0.2, -0.15) is 0 Å². The third-order valence-electron chi connectivity index (χ3n) is 2.54. The molecule has 0 radical (unpaired) electrons. The van der Waals surface area contributed by atoms with Crippen LogP contribution in [0.15, 0.2) is 0 Å². The monoisotopic (exact) mass is 259 g/mol.